The number of rotatable bonds is 6. The van der Waals surface area contributed by atoms with E-state index in [9.17, 15) is 66.4 Å². The van der Waals surface area contributed by atoms with Gasteiger partial charge in [0.05, 0.1) is 50.2 Å². The van der Waals surface area contributed by atoms with Gasteiger partial charge in [0.2, 0.25) is 0 Å². The van der Waals surface area contributed by atoms with Crippen LogP contribution in [0.2, 0.25) is 0 Å². The van der Waals surface area contributed by atoms with Gasteiger partial charge in [-0.1, -0.05) is 12.1 Å². The third-order valence-electron chi connectivity index (χ3n) is 5.83. The molecule has 6 N–H and O–H groups in total. The van der Waals surface area contributed by atoms with E-state index in [2.05, 4.69) is 16.0 Å². The van der Waals surface area contributed by atoms with Crippen molar-refractivity contribution in [3.05, 3.63) is 116 Å². The molecule has 0 saturated heterocycles. The van der Waals surface area contributed by atoms with Gasteiger partial charge in [-0.2, -0.15) is 26.3 Å². The van der Waals surface area contributed by atoms with Gasteiger partial charge in [0.1, 0.15) is 11.5 Å². The van der Waals surface area contributed by atoms with E-state index in [1.807, 2.05) is 5.32 Å². The Morgan fingerprint density at radius 2 is 1.02 bits per heavy atom. The van der Waals surface area contributed by atoms with Crippen molar-refractivity contribution in [2.24, 2.45) is 0 Å². The molecule has 48 heavy (non-hydrogen) atoms. The highest BCUT2D eigenvalue weighted by atomic mass is 19.4. The van der Waals surface area contributed by atoms with Crippen LogP contribution in [0, 0.1) is 20.2 Å². The standard InChI is InChI=1S/2C14H10F3N3O4/c15-14(16,17)8-1-3-9(4-2-8)18-13(22)19-11-6-5-10(20(23)24)7-12(11)21;15-14(16,17)9-3-1-2-4-10(9)18-13(22)19-11-6-5-8(20(23)24)7-12(11)21/h2*1-7,21H,(H2,18,19,22). The smallest absolute Gasteiger partial charge is 0.418 e. The van der Waals surface area contributed by atoms with Crippen molar-refractivity contribution in [3.8, 4) is 11.5 Å². The fourth-order valence-electron chi connectivity index (χ4n) is 3.62. The zero-order valence-electron chi connectivity index (χ0n) is 23.6. The predicted molar refractivity (Wildman–Crippen MR) is 158 cm³/mol. The molecule has 0 aliphatic heterocycles. The van der Waals surface area contributed by atoms with Crippen molar-refractivity contribution in [2.75, 3.05) is 21.3 Å². The largest absolute Gasteiger partial charge is 0.506 e. The molecule has 0 spiro atoms. The average Bonchev–Trinajstić information content (AvgIpc) is 2.99. The van der Waals surface area contributed by atoms with E-state index in [4.69, 9.17) is 0 Å². The Balaban J connectivity index is 0.000000260. The van der Waals surface area contributed by atoms with E-state index >= 15 is 0 Å². The van der Waals surface area contributed by atoms with Crippen molar-refractivity contribution in [1.82, 2.24) is 0 Å². The van der Waals surface area contributed by atoms with Crippen LogP contribution in [-0.2, 0) is 12.4 Å². The van der Waals surface area contributed by atoms with Crippen LogP contribution in [0.25, 0.3) is 0 Å². The number of nitro groups is 2. The number of anilines is 4. The summed E-state index contributed by atoms with van der Waals surface area (Å²) in [6.07, 6.45) is -9.13. The normalized spacial score (nSPS) is 11.0. The van der Waals surface area contributed by atoms with Crippen LogP contribution in [0.15, 0.2) is 84.9 Å². The van der Waals surface area contributed by atoms with Crippen molar-refractivity contribution < 1.29 is 56.0 Å². The number of aromatic hydroxyl groups is 2. The number of non-ortho nitro benzene ring substituents is 2. The Labute approximate surface area is 263 Å². The SMILES string of the molecule is O=C(Nc1ccc(C(F)(F)F)cc1)Nc1ccc([N+](=O)[O-])cc1O.O=C(Nc1ccc([N+](=O)[O-])cc1O)Nc1ccccc1C(F)(F)F. The van der Waals surface area contributed by atoms with E-state index in [0.717, 1.165) is 72.8 Å². The molecule has 0 aliphatic rings. The Morgan fingerprint density at radius 3 is 1.44 bits per heavy atom. The van der Waals surface area contributed by atoms with Gasteiger partial charge in [-0.05, 0) is 48.5 Å². The summed E-state index contributed by atoms with van der Waals surface area (Å²) in [6, 6.07) is 12.2. The van der Waals surface area contributed by atoms with Gasteiger partial charge in [0.15, 0.2) is 0 Å². The molecule has 4 aromatic carbocycles. The van der Waals surface area contributed by atoms with Gasteiger partial charge in [0.25, 0.3) is 11.4 Å². The molecule has 0 atom stereocenters. The fourth-order valence-corrected chi connectivity index (χ4v) is 3.62. The summed E-state index contributed by atoms with van der Waals surface area (Å²) in [6.45, 7) is 0. The number of nitro benzene ring substituents is 2. The van der Waals surface area contributed by atoms with Crippen LogP contribution >= 0.6 is 0 Å². The molecule has 4 aromatic rings. The molecule has 0 radical (unpaired) electrons. The molecule has 252 valence electrons. The number of phenolic OH excluding ortho intramolecular Hbond substituents is 2. The number of hydrogen-bond acceptors (Lipinski definition) is 8. The van der Waals surface area contributed by atoms with Gasteiger partial charge >= 0.3 is 24.4 Å². The minimum Gasteiger partial charge on any atom is -0.506 e. The second kappa shape index (κ2) is 14.7. The zero-order chi connectivity index (χ0) is 35.8. The fraction of sp³-hybridized carbons (Fsp3) is 0.0714. The highest BCUT2D eigenvalue weighted by Crippen LogP contribution is 2.35. The Bertz CT molecular complexity index is 1830. The topological polar surface area (TPSA) is 209 Å². The van der Waals surface area contributed by atoms with Crippen LogP contribution < -0.4 is 21.3 Å². The van der Waals surface area contributed by atoms with Crippen molar-refractivity contribution in [3.63, 3.8) is 0 Å². The second-order valence-corrected chi connectivity index (χ2v) is 9.19. The molecule has 4 rings (SSSR count). The number of benzene rings is 4. The summed E-state index contributed by atoms with van der Waals surface area (Å²) in [4.78, 5) is 43.2. The number of halogens is 6. The molecular weight excluding hydrogens is 662 g/mol. The molecule has 0 aromatic heterocycles. The summed E-state index contributed by atoms with van der Waals surface area (Å²) in [5.41, 5.74) is -3.31. The molecule has 4 amide bonds. The number of urea groups is 2. The number of phenols is 2. The third kappa shape index (κ3) is 9.95. The third-order valence-corrected chi connectivity index (χ3v) is 5.83. The summed E-state index contributed by atoms with van der Waals surface area (Å²) >= 11 is 0. The van der Waals surface area contributed by atoms with Crippen LogP contribution in [0.4, 0.5) is 70.1 Å². The predicted octanol–water partition coefficient (Wildman–Crippen LogP) is 7.93. The van der Waals surface area contributed by atoms with Gasteiger partial charge in [0, 0.05) is 17.8 Å². The Morgan fingerprint density at radius 1 is 0.583 bits per heavy atom. The molecule has 20 heteroatoms. The lowest BCUT2D eigenvalue weighted by Crippen LogP contribution is -2.21. The van der Waals surface area contributed by atoms with E-state index < -0.39 is 68.3 Å². The van der Waals surface area contributed by atoms with Gasteiger partial charge in [-0.3, -0.25) is 20.2 Å². The van der Waals surface area contributed by atoms with Crippen LogP contribution in [-0.4, -0.2) is 32.1 Å². The lowest BCUT2D eigenvalue weighted by molar-refractivity contribution is -0.385. The molecule has 0 aliphatic carbocycles. The maximum atomic E-state index is 12.8. The lowest BCUT2D eigenvalue weighted by Gasteiger charge is -2.14. The number of nitrogens with zero attached hydrogens (tertiary/aromatic N) is 2. The van der Waals surface area contributed by atoms with Gasteiger partial charge in [-0.25, -0.2) is 9.59 Å². The first-order valence-electron chi connectivity index (χ1n) is 12.8. The highest BCUT2D eigenvalue weighted by Gasteiger charge is 2.33. The molecule has 0 fully saturated rings. The van der Waals surface area contributed by atoms with Crippen molar-refractivity contribution in [1.29, 1.82) is 0 Å². The van der Waals surface area contributed by atoms with Crippen LogP contribution in [0.1, 0.15) is 11.1 Å². The van der Waals surface area contributed by atoms with Gasteiger partial charge in [-0.15, -0.1) is 0 Å². The Hall–Kier alpha value is -6.60. The number of carbonyl (C=O) groups is 2. The second-order valence-electron chi connectivity index (χ2n) is 9.19. The number of hydrogen-bond donors (Lipinski definition) is 6. The molecular formula is C28H20F6N6O8. The van der Waals surface area contributed by atoms with Crippen LogP contribution in [0.3, 0.4) is 0 Å². The summed E-state index contributed by atoms with van der Waals surface area (Å²) in [5.74, 6) is -1.12. The maximum absolute atomic E-state index is 12.8. The molecule has 0 unspecified atom stereocenters. The molecule has 0 heterocycles. The molecule has 0 bridgehead atoms. The summed E-state index contributed by atoms with van der Waals surface area (Å²) < 4.78 is 75.8. The zero-order valence-corrected chi connectivity index (χ0v) is 23.6. The summed E-state index contributed by atoms with van der Waals surface area (Å²) in [5, 5.41) is 48.9. The average molecular weight is 682 g/mol. The molecule has 14 nitrogen and oxygen atoms in total. The van der Waals surface area contributed by atoms with Crippen LogP contribution in [0.5, 0.6) is 11.5 Å². The monoisotopic (exact) mass is 682 g/mol. The van der Waals surface area contributed by atoms with Crippen molar-refractivity contribution in [2.45, 2.75) is 12.4 Å². The first-order chi connectivity index (χ1) is 22.3. The number of nitrogens with one attached hydrogen (secondary N) is 4. The number of carbonyl (C=O) groups excluding carboxylic acids is 2. The van der Waals surface area contributed by atoms with E-state index in [-0.39, 0.29) is 22.7 Å². The van der Waals surface area contributed by atoms with E-state index in [1.54, 1.807) is 0 Å². The maximum Gasteiger partial charge on any atom is 0.418 e. The minimum atomic E-state index is -4.65. The Kier molecular flexibility index (Phi) is 11.0. The summed E-state index contributed by atoms with van der Waals surface area (Å²) in [7, 11) is 0. The first-order valence-corrected chi connectivity index (χ1v) is 12.8. The quantitative estimate of drug-likeness (QED) is 0.0508. The number of amides is 4. The number of alkyl halides is 6. The minimum absolute atomic E-state index is 0.0926. The van der Waals surface area contributed by atoms with E-state index in [0.29, 0.717) is 0 Å². The molecule has 0 saturated carbocycles. The lowest BCUT2D eigenvalue weighted by atomic mass is 10.1. The van der Waals surface area contributed by atoms with Crippen molar-refractivity contribution >= 4 is 46.2 Å². The first kappa shape index (κ1) is 35.9. The van der Waals surface area contributed by atoms with E-state index in [1.165, 1.54) is 12.1 Å². The number of para-hydroxylation sites is 1. The van der Waals surface area contributed by atoms with Gasteiger partial charge < -0.3 is 31.5 Å². The highest BCUT2D eigenvalue weighted by molar-refractivity contribution is 6.01.